The highest BCUT2D eigenvalue weighted by Gasteiger charge is 2.26. The van der Waals surface area contributed by atoms with Crippen LogP contribution in [-0.2, 0) is 9.47 Å². The predicted octanol–water partition coefficient (Wildman–Crippen LogP) is 1.58. The Morgan fingerprint density at radius 2 is 1.94 bits per heavy atom. The molecule has 100 valence electrons. The number of piperidine rings is 1. The topological polar surface area (TPSA) is 50.8 Å². The molecule has 1 saturated heterocycles. The number of rotatable bonds is 3. The smallest absolute Gasteiger partial charge is 0.410 e. The third-order valence-electron chi connectivity index (χ3n) is 2.66. The Hall–Kier alpha value is -0.810. The fraction of sp³-hybridized carbons (Fsp3) is 0.917. The first-order valence-electron chi connectivity index (χ1n) is 6.12. The van der Waals surface area contributed by atoms with E-state index >= 15 is 0 Å². The third-order valence-corrected chi connectivity index (χ3v) is 2.66. The molecule has 0 atom stereocenters. The molecule has 0 saturated carbocycles. The van der Waals surface area contributed by atoms with E-state index in [0.717, 1.165) is 25.9 Å². The zero-order valence-electron chi connectivity index (χ0n) is 11.3. The summed E-state index contributed by atoms with van der Waals surface area (Å²) in [6, 6.07) is 0.439. The van der Waals surface area contributed by atoms with Crippen molar-refractivity contribution in [2.45, 2.75) is 45.3 Å². The van der Waals surface area contributed by atoms with Crippen molar-refractivity contribution < 1.29 is 14.3 Å². The van der Waals surface area contributed by atoms with Gasteiger partial charge in [0.25, 0.3) is 0 Å². The fourth-order valence-electron chi connectivity index (χ4n) is 1.79. The van der Waals surface area contributed by atoms with E-state index in [4.69, 9.17) is 9.47 Å². The molecule has 0 aromatic heterocycles. The number of nitrogens with zero attached hydrogens (tertiary/aromatic N) is 1. The molecule has 0 unspecified atom stereocenters. The lowest BCUT2D eigenvalue weighted by molar-refractivity contribution is 0.0189. The fourth-order valence-corrected chi connectivity index (χ4v) is 1.79. The van der Waals surface area contributed by atoms with Crippen LogP contribution in [0.25, 0.3) is 0 Å². The molecule has 1 rings (SSSR count). The first-order chi connectivity index (χ1) is 7.92. The zero-order valence-corrected chi connectivity index (χ0v) is 11.3. The Morgan fingerprint density at radius 3 is 2.41 bits per heavy atom. The molecule has 1 aliphatic heterocycles. The molecule has 5 heteroatoms. The highest BCUT2D eigenvalue weighted by Crippen LogP contribution is 2.15. The standard InChI is InChI=1S/C12H24N2O3/c1-12(2,3)17-11(15)14-7-5-10(6-8-14)13-9-16-4/h10,13H,5-9H2,1-4H3. The molecule has 1 fully saturated rings. The van der Waals surface area contributed by atoms with Gasteiger partial charge in [-0.1, -0.05) is 0 Å². The van der Waals surface area contributed by atoms with Crippen molar-refractivity contribution in [2.24, 2.45) is 0 Å². The molecule has 0 aliphatic carbocycles. The van der Waals surface area contributed by atoms with Crippen LogP contribution in [0.2, 0.25) is 0 Å². The van der Waals surface area contributed by atoms with E-state index in [-0.39, 0.29) is 6.09 Å². The van der Waals surface area contributed by atoms with Crippen molar-refractivity contribution in [3.8, 4) is 0 Å². The van der Waals surface area contributed by atoms with E-state index in [1.165, 1.54) is 0 Å². The number of amides is 1. The Balaban J connectivity index is 2.29. The van der Waals surface area contributed by atoms with Gasteiger partial charge in [0.2, 0.25) is 0 Å². The van der Waals surface area contributed by atoms with E-state index in [1.807, 2.05) is 20.8 Å². The minimum absolute atomic E-state index is 0.206. The van der Waals surface area contributed by atoms with Crippen LogP contribution in [0, 0.1) is 0 Å². The summed E-state index contributed by atoms with van der Waals surface area (Å²) in [4.78, 5) is 13.6. The van der Waals surface area contributed by atoms with Gasteiger partial charge in [-0.15, -0.1) is 0 Å². The van der Waals surface area contributed by atoms with E-state index in [0.29, 0.717) is 12.8 Å². The molecule has 0 aromatic carbocycles. The van der Waals surface area contributed by atoms with Crippen LogP contribution in [-0.4, -0.2) is 49.6 Å². The predicted molar refractivity (Wildman–Crippen MR) is 65.8 cm³/mol. The van der Waals surface area contributed by atoms with Crippen molar-refractivity contribution in [1.29, 1.82) is 0 Å². The van der Waals surface area contributed by atoms with Gasteiger partial charge in [-0.05, 0) is 33.6 Å². The number of hydrogen-bond acceptors (Lipinski definition) is 4. The quantitative estimate of drug-likeness (QED) is 0.766. The number of carbonyl (C=O) groups is 1. The van der Waals surface area contributed by atoms with Crippen LogP contribution < -0.4 is 5.32 Å². The largest absolute Gasteiger partial charge is 0.444 e. The van der Waals surface area contributed by atoms with Gasteiger partial charge in [0.1, 0.15) is 5.60 Å². The molecule has 5 nitrogen and oxygen atoms in total. The van der Waals surface area contributed by atoms with Gasteiger partial charge >= 0.3 is 6.09 Å². The average molecular weight is 244 g/mol. The molecular weight excluding hydrogens is 220 g/mol. The second kappa shape index (κ2) is 6.21. The molecule has 1 heterocycles. The molecule has 1 N–H and O–H groups in total. The Labute approximate surface area is 103 Å². The van der Waals surface area contributed by atoms with Gasteiger partial charge in [-0.2, -0.15) is 0 Å². The highest BCUT2D eigenvalue weighted by molar-refractivity contribution is 5.68. The second-order valence-electron chi connectivity index (χ2n) is 5.38. The first kappa shape index (κ1) is 14.3. The van der Waals surface area contributed by atoms with E-state index in [1.54, 1.807) is 12.0 Å². The molecule has 0 bridgehead atoms. The lowest BCUT2D eigenvalue weighted by Gasteiger charge is -2.33. The van der Waals surface area contributed by atoms with Crippen LogP contribution >= 0.6 is 0 Å². The summed E-state index contributed by atoms with van der Waals surface area (Å²) in [6.07, 6.45) is 1.69. The van der Waals surface area contributed by atoms with Gasteiger partial charge in [-0.25, -0.2) is 4.79 Å². The number of methoxy groups -OCH3 is 1. The maximum atomic E-state index is 11.8. The number of carbonyl (C=O) groups excluding carboxylic acids is 1. The Bertz CT molecular complexity index is 243. The van der Waals surface area contributed by atoms with Gasteiger partial charge < -0.3 is 14.4 Å². The number of nitrogens with one attached hydrogen (secondary N) is 1. The lowest BCUT2D eigenvalue weighted by Crippen LogP contribution is -2.46. The van der Waals surface area contributed by atoms with Gasteiger partial charge in [0, 0.05) is 26.2 Å². The average Bonchev–Trinajstić information content (AvgIpc) is 2.24. The van der Waals surface area contributed by atoms with Crippen LogP contribution in [0.1, 0.15) is 33.6 Å². The molecule has 1 aliphatic rings. The van der Waals surface area contributed by atoms with Crippen molar-refractivity contribution in [3.63, 3.8) is 0 Å². The van der Waals surface area contributed by atoms with Gasteiger partial charge in [0.05, 0.1) is 6.73 Å². The first-order valence-corrected chi connectivity index (χ1v) is 6.12. The summed E-state index contributed by atoms with van der Waals surface area (Å²) in [5, 5.41) is 3.28. The van der Waals surface area contributed by atoms with E-state index in [9.17, 15) is 4.79 Å². The maximum absolute atomic E-state index is 11.8. The van der Waals surface area contributed by atoms with Crippen LogP contribution in [0.4, 0.5) is 4.79 Å². The number of ether oxygens (including phenoxy) is 2. The maximum Gasteiger partial charge on any atom is 0.410 e. The molecular formula is C12H24N2O3. The highest BCUT2D eigenvalue weighted by atomic mass is 16.6. The van der Waals surface area contributed by atoms with E-state index in [2.05, 4.69) is 5.32 Å². The summed E-state index contributed by atoms with van der Waals surface area (Å²) in [5.74, 6) is 0. The summed E-state index contributed by atoms with van der Waals surface area (Å²) < 4.78 is 10.3. The summed E-state index contributed by atoms with van der Waals surface area (Å²) in [5.41, 5.74) is -0.414. The number of likely N-dealkylation sites (tertiary alicyclic amines) is 1. The SMILES string of the molecule is COCNC1CCN(C(=O)OC(C)(C)C)CC1. The lowest BCUT2D eigenvalue weighted by atomic mass is 10.1. The zero-order chi connectivity index (χ0) is 12.9. The third kappa shape index (κ3) is 5.37. The van der Waals surface area contributed by atoms with Crippen LogP contribution in [0.5, 0.6) is 0 Å². The molecule has 0 aromatic rings. The van der Waals surface area contributed by atoms with Crippen LogP contribution in [0.15, 0.2) is 0 Å². The normalized spacial score (nSPS) is 18.2. The van der Waals surface area contributed by atoms with Crippen molar-refractivity contribution in [3.05, 3.63) is 0 Å². The molecule has 0 spiro atoms. The molecule has 17 heavy (non-hydrogen) atoms. The monoisotopic (exact) mass is 244 g/mol. The Morgan fingerprint density at radius 1 is 1.35 bits per heavy atom. The van der Waals surface area contributed by atoms with Crippen molar-refractivity contribution in [2.75, 3.05) is 26.9 Å². The van der Waals surface area contributed by atoms with E-state index < -0.39 is 5.60 Å². The summed E-state index contributed by atoms with van der Waals surface area (Å²) in [6.45, 7) is 7.72. The molecule has 1 amide bonds. The minimum atomic E-state index is -0.414. The number of hydrogen-bond donors (Lipinski definition) is 1. The Kier molecular flexibility index (Phi) is 5.21. The van der Waals surface area contributed by atoms with Crippen LogP contribution in [0.3, 0.4) is 0 Å². The second-order valence-corrected chi connectivity index (χ2v) is 5.38. The van der Waals surface area contributed by atoms with Gasteiger partial charge in [-0.3, -0.25) is 5.32 Å². The minimum Gasteiger partial charge on any atom is -0.444 e. The van der Waals surface area contributed by atoms with Gasteiger partial charge in [0.15, 0.2) is 0 Å². The summed E-state index contributed by atoms with van der Waals surface area (Å²) in [7, 11) is 1.67. The van der Waals surface area contributed by atoms with Crippen molar-refractivity contribution in [1.82, 2.24) is 10.2 Å². The van der Waals surface area contributed by atoms with Crippen molar-refractivity contribution >= 4 is 6.09 Å². The molecule has 0 radical (unpaired) electrons. The summed E-state index contributed by atoms with van der Waals surface area (Å²) >= 11 is 0.